The number of likely N-dealkylation sites (tertiary alicyclic amines) is 1. The number of rotatable bonds is 8. The average molecular weight is 561 g/mol. The van der Waals surface area contributed by atoms with Crippen LogP contribution in [-0.2, 0) is 27.3 Å². The van der Waals surface area contributed by atoms with Gasteiger partial charge in [-0.3, -0.25) is 19.1 Å². The van der Waals surface area contributed by atoms with Crippen LogP contribution >= 0.6 is 0 Å². The summed E-state index contributed by atoms with van der Waals surface area (Å²) in [5, 5.41) is 4.71. The molecule has 0 N–H and O–H groups in total. The molecule has 1 aromatic heterocycles. The predicted molar refractivity (Wildman–Crippen MR) is 130 cm³/mol. The molecule has 3 atom stereocenters. The highest BCUT2D eigenvalue weighted by atomic mass is 19.4. The molecule has 3 aromatic rings. The van der Waals surface area contributed by atoms with Gasteiger partial charge in [0.05, 0.1) is 24.2 Å². The van der Waals surface area contributed by atoms with E-state index in [1.165, 1.54) is 47.9 Å². The lowest BCUT2D eigenvalue weighted by atomic mass is 9.99. The molecule has 5 rings (SSSR count). The van der Waals surface area contributed by atoms with E-state index in [0.717, 1.165) is 12.1 Å². The van der Waals surface area contributed by atoms with Gasteiger partial charge in [0.15, 0.2) is 23.1 Å². The number of carbonyl (C=O) groups is 4. The number of benzene rings is 2. The van der Waals surface area contributed by atoms with Gasteiger partial charge in [-0.2, -0.15) is 5.10 Å². The number of esters is 1. The van der Waals surface area contributed by atoms with Gasteiger partial charge in [0.25, 0.3) is 0 Å². The largest absolute Gasteiger partial charge is 0.573 e. The highest BCUT2D eigenvalue weighted by molar-refractivity contribution is 6.06. The third-order valence-electron chi connectivity index (χ3n) is 7.19. The van der Waals surface area contributed by atoms with E-state index in [9.17, 15) is 36.7 Å². The lowest BCUT2D eigenvalue weighted by Crippen LogP contribution is -2.45. The van der Waals surface area contributed by atoms with Crippen molar-refractivity contribution in [3.05, 3.63) is 59.0 Å². The molecule has 210 valence electrons. The quantitative estimate of drug-likeness (QED) is 0.234. The average Bonchev–Trinajstić information content (AvgIpc) is 3.40. The van der Waals surface area contributed by atoms with Gasteiger partial charge in [0, 0.05) is 24.8 Å². The molecule has 1 aliphatic heterocycles. The summed E-state index contributed by atoms with van der Waals surface area (Å²) in [4.78, 5) is 52.4. The lowest BCUT2D eigenvalue weighted by molar-refractivity contribution is -0.275. The Hall–Kier alpha value is -4.29. The van der Waals surface area contributed by atoms with E-state index in [4.69, 9.17) is 4.74 Å². The van der Waals surface area contributed by atoms with Crippen molar-refractivity contribution in [2.75, 3.05) is 7.11 Å². The fraction of sp³-hybridized carbons (Fsp3) is 0.370. The Morgan fingerprint density at radius 2 is 1.85 bits per heavy atom. The first kappa shape index (κ1) is 27.3. The molecule has 40 heavy (non-hydrogen) atoms. The zero-order valence-electron chi connectivity index (χ0n) is 21.3. The summed E-state index contributed by atoms with van der Waals surface area (Å²) in [6.45, 7) is 0.977. The molecule has 0 unspecified atom stereocenters. The van der Waals surface area contributed by atoms with Crippen LogP contribution in [0.1, 0.15) is 46.2 Å². The number of methoxy groups -OCH3 is 1. The van der Waals surface area contributed by atoms with Crippen LogP contribution in [0.15, 0.2) is 36.4 Å². The standard InChI is InChI=1S/C27H23F4N3O6/c1-13(35)25-17-7-6-15(26(38)39-2)8-19(17)33(32-25)12-23(37)34-18-9-16(18)10-20(34)21(36)11-14-4-3-5-22(24(14)28)40-27(29,30)31/h3-8,16,18,20H,9-12H2,1-2H3/t16-,18-,20+/m1/s1. The Labute approximate surface area is 224 Å². The van der Waals surface area contributed by atoms with Crippen LogP contribution in [0.4, 0.5) is 17.6 Å². The van der Waals surface area contributed by atoms with Crippen molar-refractivity contribution in [2.45, 2.75) is 51.2 Å². The number of hydrogen-bond acceptors (Lipinski definition) is 7. The van der Waals surface area contributed by atoms with Crippen molar-refractivity contribution >= 4 is 34.3 Å². The first-order valence-electron chi connectivity index (χ1n) is 12.3. The topological polar surface area (TPSA) is 108 Å². The molecule has 2 heterocycles. The second-order valence-electron chi connectivity index (χ2n) is 9.82. The molecule has 1 saturated carbocycles. The molecule has 9 nitrogen and oxygen atoms in total. The number of carbonyl (C=O) groups excluding carboxylic acids is 4. The molecule has 1 saturated heterocycles. The van der Waals surface area contributed by atoms with Crippen LogP contribution in [-0.4, -0.2) is 63.7 Å². The molecule has 1 amide bonds. The van der Waals surface area contributed by atoms with Crippen LogP contribution in [0, 0.1) is 11.7 Å². The molecule has 2 aromatic carbocycles. The van der Waals surface area contributed by atoms with Crippen molar-refractivity contribution in [3.8, 4) is 5.75 Å². The van der Waals surface area contributed by atoms with Crippen LogP contribution in [0.2, 0.25) is 0 Å². The van der Waals surface area contributed by atoms with E-state index in [2.05, 4.69) is 9.84 Å². The number of piperidine rings is 1. The molecule has 13 heteroatoms. The normalized spacial score (nSPS) is 19.9. The van der Waals surface area contributed by atoms with Crippen LogP contribution in [0.5, 0.6) is 5.75 Å². The van der Waals surface area contributed by atoms with Gasteiger partial charge in [-0.1, -0.05) is 12.1 Å². The van der Waals surface area contributed by atoms with Gasteiger partial charge >= 0.3 is 12.3 Å². The van der Waals surface area contributed by atoms with Gasteiger partial charge in [-0.05, 0) is 48.6 Å². The van der Waals surface area contributed by atoms with Gasteiger partial charge in [-0.25, -0.2) is 9.18 Å². The first-order chi connectivity index (χ1) is 18.9. The summed E-state index contributed by atoms with van der Waals surface area (Å²) >= 11 is 0. The van der Waals surface area contributed by atoms with E-state index >= 15 is 0 Å². The summed E-state index contributed by atoms with van der Waals surface area (Å²) < 4.78 is 62.2. The van der Waals surface area contributed by atoms with Crippen molar-refractivity contribution in [2.24, 2.45) is 5.92 Å². The summed E-state index contributed by atoms with van der Waals surface area (Å²) in [7, 11) is 1.22. The number of ketones is 2. The SMILES string of the molecule is COC(=O)c1ccc2c(C(C)=O)nn(CC(=O)N3[C@@H]4C[C@@H]4C[C@H]3C(=O)Cc3cccc(OC(F)(F)F)c3F)c2c1. The Morgan fingerprint density at radius 1 is 1.10 bits per heavy atom. The van der Waals surface area contributed by atoms with Gasteiger partial charge in [-0.15, -0.1) is 13.2 Å². The lowest BCUT2D eigenvalue weighted by Gasteiger charge is -2.27. The highest BCUT2D eigenvalue weighted by Crippen LogP contribution is 2.48. The minimum atomic E-state index is -5.10. The molecule has 0 radical (unpaired) electrons. The minimum absolute atomic E-state index is 0.0794. The van der Waals surface area contributed by atoms with Crippen molar-refractivity contribution in [1.82, 2.24) is 14.7 Å². The number of hydrogen-bond donors (Lipinski definition) is 0. The maximum absolute atomic E-state index is 14.7. The first-order valence-corrected chi connectivity index (χ1v) is 12.3. The Kier molecular flexibility index (Phi) is 6.84. The van der Waals surface area contributed by atoms with E-state index in [0.29, 0.717) is 23.7 Å². The number of Topliss-reactive ketones (excluding diaryl/α,β-unsaturated/α-hetero) is 2. The molecule has 0 spiro atoms. The summed E-state index contributed by atoms with van der Waals surface area (Å²) in [6.07, 6.45) is -4.60. The number of fused-ring (bicyclic) bond motifs is 2. The smallest absolute Gasteiger partial charge is 0.465 e. The van der Waals surface area contributed by atoms with Crippen LogP contribution in [0.3, 0.4) is 0 Å². The van der Waals surface area contributed by atoms with Crippen molar-refractivity contribution in [3.63, 3.8) is 0 Å². The number of alkyl halides is 3. The molecule has 2 fully saturated rings. The molecular weight excluding hydrogens is 538 g/mol. The predicted octanol–water partition coefficient (Wildman–Crippen LogP) is 3.86. The van der Waals surface area contributed by atoms with E-state index in [1.54, 1.807) is 0 Å². The number of aromatic nitrogens is 2. The van der Waals surface area contributed by atoms with Crippen LogP contribution in [0.25, 0.3) is 10.9 Å². The maximum atomic E-state index is 14.7. The highest BCUT2D eigenvalue weighted by Gasteiger charge is 2.55. The third kappa shape index (κ3) is 5.15. The zero-order valence-corrected chi connectivity index (χ0v) is 21.3. The van der Waals surface area contributed by atoms with Gasteiger partial charge in [0.1, 0.15) is 12.2 Å². The second kappa shape index (κ2) is 10.0. The fourth-order valence-electron chi connectivity index (χ4n) is 5.31. The monoisotopic (exact) mass is 561 g/mol. The van der Waals surface area contributed by atoms with E-state index in [1.807, 2.05) is 0 Å². The Morgan fingerprint density at radius 3 is 2.52 bits per heavy atom. The number of ether oxygens (including phenoxy) is 2. The maximum Gasteiger partial charge on any atom is 0.573 e. The summed E-state index contributed by atoms with van der Waals surface area (Å²) in [5.74, 6) is -4.22. The Bertz CT molecular complexity index is 1550. The molecule has 2 aliphatic rings. The zero-order chi connectivity index (χ0) is 28.9. The van der Waals surface area contributed by atoms with Gasteiger partial charge < -0.3 is 14.4 Å². The van der Waals surface area contributed by atoms with E-state index < -0.39 is 48.1 Å². The third-order valence-corrected chi connectivity index (χ3v) is 7.19. The van der Waals surface area contributed by atoms with Crippen molar-refractivity contribution in [1.29, 1.82) is 0 Å². The Balaban J connectivity index is 1.39. The van der Waals surface area contributed by atoms with Crippen LogP contribution < -0.4 is 4.74 Å². The number of halogens is 4. The summed E-state index contributed by atoms with van der Waals surface area (Å²) in [6, 6.07) is 6.53. The molecule has 0 bridgehead atoms. The van der Waals surface area contributed by atoms with E-state index in [-0.39, 0.29) is 41.1 Å². The van der Waals surface area contributed by atoms with Gasteiger partial charge in [0.2, 0.25) is 5.91 Å². The number of nitrogens with zero attached hydrogens (tertiary/aromatic N) is 3. The fourth-order valence-corrected chi connectivity index (χ4v) is 5.31. The molecular formula is C27H23F4N3O6. The summed E-state index contributed by atoms with van der Waals surface area (Å²) in [5.41, 5.74) is 0.363. The molecule has 1 aliphatic carbocycles. The minimum Gasteiger partial charge on any atom is -0.465 e. The number of amides is 1. The second-order valence-corrected chi connectivity index (χ2v) is 9.82. The van der Waals surface area contributed by atoms with Crippen molar-refractivity contribution < 1.29 is 46.2 Å².